The Morgan fingerprint density at radius 1 is 1.06 bits per heavy atom. The van der Waals surface area contributed by atoms with Crippen LogP contribution in [0.15, 0.2) is 54.7 Å². The standard InChI is InChI=1S/C24H24N4O6/c1-15(22(29)27-12-11-25-24(27)31)34-23(30)21-18(14-28(26-21)17-7-5-4-6-8-17)16-9-10-19(32-2)20(13-16)33-3/h4-10,13-15H,11-12H2,1-3H3,(H,25,31)/t15-/m1/s1. The average molecular weight is 464 g/mol. The molecular formula is C24H24N4O6. The van der Waals surface area contributed by atoms with Crippen molar-refractivity contribution in [2.24, 2.45) is 0 Å². The number of nitrogens with one attached hydrogen (secondary N) is 1. The van der Waals surface area contributed by atoms with E-state index in [-0.39, 0.29) is 12.2 Å². The maximum atomic E-state index is 13.1. The number of para-hydroxylation sites is 1. The summed E-state index contributed by atoms with van der Waals surface area (Å²) in [6.45, 7) is 2.01. The van der Waals surface area contributed by atoms with Gasteiger partial charge in [-0.3, -0.25) is 9.69 Å². The SMILES string of the molecule is COc1ccc(-c2cn(-c3ccccc3)nc2C(=O)O[C@H](C)C(=O)N2CCNC2=O)cc1OC. The van der Waals surface area contributed by atoms with E-state index in [9.17, 15) is 14.4 Å². The second kappa shape index (κ2) is 9.65. The van der Waals surface area contributed by atoms with Crippen LogP contribution < -0.4 is 14.8 Å². The fourth-order valence-electron chi connectivity index (χ4n) is 3.62. The highest BCUT2D eigenvalue weighted by molar-refractivity contribution is 6.00. The van der Waals surface area contributed by atoms with Crippen LogP contribution in [0.4, 0.5) is 4.79 Å². The summed E-state index contributed by atoms with van der Waals surface area (Å²) in [5.74, 6) is -0.372. The Morgan fingerprint density at radius 2 is 1.79 bits per heavy atom. The molecule has 2 heterocycles. The first-order chi connectivity index (χ1) is 16.4. The Morgan fingerprint density at radius 3 is 2.44 bits per heavy atom. The third-order valence-corrected chi connectivity index (χ3v) is 5.38. The summed E-state index contributed by atoms with van der Waals surface area (Å²) in [5, 5.41) is 7.00. The summed E-state index contributed by atoms with van der Waals surface area (Å²) in [7, 11) is 3.05. The second-order valence-electron chi connectivity index (χ2n) is 7.51. The number of carbonyl (C=O) groups excluding carboxylic acids is 3. The second-order valence-corrected chi connectivity index (χ2v) is 7.51. The van der Waals surface area contributed by atoms with Crippen LogP contribution in [0.1, 0.15) is 17.4 Å². The van der Waals surface area contributed by atoms with Crippen molar-refractivity contribution in [1.82, 2.24) is 20.0 Å². The van der Waals surface area contributed by atoms with Crippen molar-refractivity contribution < 1.29 is 28.6 Å². The van der Waals surface area contributed by atoms with Gasteiger partial charge in [-0.05, 0) is 36.8 Å². The molecule has 4 rings (SSSR count). The van der Waals surface area contributed by atoms with Crippen LogP contribution in [0, 0.1) is 0 Å². The number of esters is 1. The van der Waals surface area contributed by atoms with Gasteiger partial charge in [-0.15, -0.1) is 0 Å². The molecule has 176 valence electrons. The quantitative estimate of drug-likeness (QED) is 0.535. The lowest BCUT2D eigenvalue weighted by atomic mass is 10.1. The largest absolute Gasteiger partial charge is 0.493 e. The van der Waals surface area contributed by atoms with Crippen LogP contribution in [0.5, 0.6) is 11.5 Å². The normalized spacial score (nSPS) is 13.9. The summed E-state index contributed by atoms with van der Waals surface area (Å²) >= 11 is 0. The molecule has 1 aliphatic heterocycles. The van der Waals surface area contributed by atoms with Gasteiger partial charge in [0.25, 0.3) is 5.91 Å². The number of carbonyl (C=O) groups is 3. The number of hydrogen-bond acceptors (Lipinski definition) is 7. The van der Waals surface area contributed by atoms with E-state index >= 15 is 0 Å². The molecule has 1 aromatic heterocycles. The molecule has 10 heteroatoms. The zero-order chi connectivity index (χ0) is 24.2. The molecular weight excluding hydrogens is 440 g/mol. The molecule has 1 fully saturated rings. The molecule has 0 aliphatic carbocycles. The van der Waals surface area contributed by atoms with Crippen molar-refractivity contribution in [2.45, 2.75) is 13.0 Å². The molecule has 0 spiro atoms. The maximum absolute atomic E-state index is 13.1. The number of imide groups is 1. The minimum atomic E-state index is -1.17. The number of benzene rings is 2. The highest BCUT2D eigenvalue weighted by atomic mass is 16.5. The van der Waals surface area contributed by atoms with Gasteiger partial charge in [0, 0.05) is 24.8 Å². The van der Waals surface area contributed by atoms with E-state index in [0.717, 1.165) is 10.6 Å². The van der Waals surface area contributed by atoms with Crippen LogP contribution in [0.25, 0.3) is 16.8 Å². The maximum Gasteiger partial charge on any atom is 0.360 e. The first-order valence-electron chi connectivity index (χ1n) is 10.6. The highest BCUT2D eigenvalue weighted by Crippen LogP contribution is 2.34. The van der Waals surface area contributed by atoms with Gasteiger partial charge in [0.1, 0.15) is 0 Å². The molecule has 0 saturated carbocycles. The minimum absolute atomic E-state index is 0.0154. The zero-order valence-corrected chi connectivity index (χ0v) is 19.0. The van der Waals surface area contributed by atoms with E-state index in [0.29, 0.717) is 29.2 Å². The first kappa shape index (κ1) is 22.8. The molecule has 3 amide bonds. The predicted octanol–water partition coefficient (Wildman–Crippen LogP) is 2.65. The summed E-state index contributed by atoms with van der Waals surface area (Å²) in [5.41, 5.74) is 1.88. The van der Waals surface area contributed by atoms with Crippen LogP contribution in [0.3, 0.4) is 0 Å². The number of urea groups is 1. The average Bonchev–Trinajstić information content (AvgIpc) is 3.50. The van der Waals surface area contributed by atoms with Gasteiger partial charge in [0.15, 0.2) is 23.3 Å². The number of methoxy groups -OCH3 is 2. The minimum Gasteiger partial charge on any atom is -0.493 e. The van der Waals surface area contributed by atoms with Gasteiger partial charge in [0.05, 0.1) is 19.9 Å². The summed E-state index contributed by atoms with van der Waals surface area (Å²) in [6, 6.07) is 14.0. The zero-order valence-electron chi connectivity index (χ0n) is 19.0. The highest BCUT2D eigenvalue weighted by Gasteiger charge is 2.33. The Hall–Kier alpha value is -4.34. The van der Waals surface area contributed by atoms with Gasteiger partial charge in [-0.25, -0.2) is 14.3 Å². The Balaban J connectivity index is 1.69. The smallest absolute Gasteiger partial charge is 0.360 e. The topological polar surface area (TPSA) is 112 Å². The molecule has 0 unspecified atom stereocenters. The lowest BCUT2D eigenvalue weighted by Crippen LogP contribution is -2.41. The van der Waals surface area contributed by atoms with Crippen molar-refractivity contribution in [1.29, 1.82) is 0 Å². The molecule has 1 aliphatic rings. The molecule has 10 nitrogen and oxygen atoms in total. The molecule has 0 bridgehead atoms. The number of rotatable bonds is 7. The first-order valence-corrected chi connectivity index (χ1v) is 10.6. The van der Waals surface area contributed by atoms with E-state index < -0.39 is 24.0 Å². The molecule has 1 N–H and O–H groups in total. The van der Waals surface area contributed by atoms with Gasteiger partial charge in [0.2, 0.25) is 0 Å². The summed E-state index contributed by atoms with van der Waals surface area (Å²) in [4.78, 5) is 38.6. The van der Waals surface area contributed by atoms with Gasteiger partial charge in [-0.2, -0.15) is 5.10 Å². The van der Waals surface area contributed by atoms with Crippen molar-refractivity contribution >= 4 is 17.9 Å². The Kier molecular flexibility index (Phi) is 6.48. The van der Waals surface area contributed by atoms with E-state index in [4.69, 9.17) is 14.2 Å². The molecule has 1 saturated heterocycles. The van der Waals surface area contributed by atoms with Gasteiger partial charge < -0.3 is 19.5 Å². The number of nitrogens with zero attached hydrogens (tertiary/aromatic N) is 3. The molecule has 0 radical (unpaired) electrons. The van der Waals surface area contributed by atoms with E-state index in [1.165, 1.54) is 21.1 Å². The van der Waals surface area contributed by atoms with E-state index in [1.54, 1.807) is 29.1 Å². The fraction of sp³-hybridized carbons (Fsp3) is 0.250. The lowest BCUT2D eigenvalue weighted by molar-refractivity contribution is -0.136. The van der Waals surface area contributed by atoms with Gasteiger partial charge in [-0.1, -0.05) is 24.3 Å². The number of ether oxygens (including phenoxy) is 3. The Labute approximate surface area is 196 Å². The van der Waals surface area contributed by atoms with Crippen LogP contribution >= 0.6 is 0 Å². The fourth-order valence-corrected chi connectivity index (χ4v) is 3.62. The molecule has 1 atom stereocenters. The van der Waals surface area contributed by atoms with E-state index in [2.05, 4.69) is 10.4 Å². The lowest BCUT2D eigenvalue weighted by Gasteiger charge is -2.18. The number of hydrogen-bond donors (Lipinski definition) is 1. The van der Waals surface area contributed by atoms with Crippen molar-refractivity contribution in [3.8, 4) is 28.3 Å². The van der Waals surface area contributed by atoms with Crippen LogP contribution in [-0.4, -0.2) is 66.0 Å². The molecule has 34 heavy (non-hydrogen) atoms. The third-order valence-electron chi connectivity index (χ3n) is 5.38. The monoisotopic (exact) mass is 464 g/mol. The Bertz CT molecular complexity index is 1220. The predicted molar refractivity (Wildman–Crippen MR) is 122 cm³/mol. The van der Waals surface area contributed by atoms with Crippen molar-refractivity contribution in [2.75, 3.05) is 27.3 Å². The van der Waals surface area contributed by atoms with Crippen LogP contribution in [0.2, 0.25) is 0 Å². The molecule has 3 aromatic rings. The number of amides is 3. The van der Waals surface area contributed by atoms with Crippen molar-refractivity contribution in [3.63, 3.8) is 0 Å². The molecule has 2 aromatic carbocycles. The van der Waals surface area contributed by atoms with Gasteiger partial charge >= 0.3 is 12.0 Å². The summed E-state index contributed by atoms with van der Waals surface area (Å²) < 4.78 is 17.7. The van der Waals surface area contributed by atoms with Crippen LogP contribution in [-0.2, 0) is 9.53 Å². The number of aromatic nitrogens is 2. The third kappa shape index (κ3) is 4.42. The van der Waals surface area contributed by atoms with E-state index in [1.807, 2.05) is 30.3 Å². The van der Waals surface area contributed by atoms with Crippen molar-refractivity contribution in [3.05, 3.63) is 60.4 Å². The summed E-state index contributed by atoms with van der Waals surface area (Å²) in [6.07, 6.45) is 0.532.